The van der Waals surface area contributed by atoms with Gasteiger partial charge in [0.25, 0.3) is 0 Å². The van der Waals surface area contributed by atoms with Gasteiger partial charge in [-0.15, -0.1) is 0 Å². The van der Waals surface area contributed by atoms with Crippen LogP contribution in [0.25, 0.3) is 0 Å². The number of hydrogen-bond acceptors (Lipinski definition) is 4. The van der Waals surface area contributed by atoms with Crippen molar-refractivity contribution in [1.29, 1.82) is 0 Å². The Labute approximate surface area is 116 Å². The monoisotopic (exact) mass is 291 g/mol. The Hall–Kier alpha value is -0.660. The fourth-order valence-corrected chi connectivity index (χ4v) is 2.97. The Bertz CT molecular complexity index is 387. The van der Waals surface area contributed by atoms with Crippen LogP contribution in [0.5, 0.6) is 0 Å². The average molecular weight is 291 g/mol. The third-order valence-electron chi connectivity index (χ3n) is 3.53. The van der Waals surface area contributed by atoms with Crippen molar-refractivity contribution in [2.45, 2.75) is 20.3 Å². The molecule has 0 saturated carbocycles. The van der Waals surface area contributed by atoms with Crippen LogP contribution in [0.15, 0.2) is 0 Å². The van der Waals surface area contributed by atoms with Gasteiger partial charge in [-0.2, -0.15) is 0 Å². The predicted octanol–water partition coefficient (Wildman–Crippen LogP) is -0.274. The van der Waals surface area contributed by atoms with Crippen LogP contribution < -0.4 is 5.32 Å². The van der Waals surface area contributed by atoms with Gasteiger partial charge in [0.05, 0.1) is 12.2 Å². The largest absolute Gasteiger partial charge is 0.356 e. The first-order valence-electron chi connectivity index (χ1n) is 6.83. The van der Waals surface area contributed by atoms with E-state index in [4.69, 9.17) is 0 Å². The van der Waals surface area contributed by atoms with Crippen molar-refractivity contribution in [3.05, 3.63) is 0 Å². The normalized spacial score (nSPS) is 17.5. The van der Waals surface area contributed by atoms with Crippen LogP contribution in [0.1, 0.15) is 20.3 Å². The lowest BCUT2D eigenvalue weighted by Gasteiger charge is -2.36. The second-order valence-corrected chi connectivity index (χ2v) is 6.93. The summed E-state index contributed by atoms with van der Waals surface area (Å²) in [5, 5.41) is 2.87. The van der Waals surface area contributed by atoms with Crippen molar-refractivity contribution in [3.8, 4) is 0 Å². The fraction of sp³-hybridized carbons (Fsp3) is 0.917. The summed E-state index contributed by atoms with van der Waals surface area (Å²) in [5.41, 5.74) is 0. The molecule has 0 atom stereocenters. The third kappa shape index (κ3) is 5.08. The topological polar surface area (TPSA) is 69.7 Å². The zero-order valence-corrected chi connectivity index (χ0v) is 12.9. The van der Waals surface area contributed by atoms with Gasteiger partial charge in [-0.05, 0) is 26.1 Å². The van der Waals surface area contributed by atoms with Crippen LogP contribution in [0.4, 0.5) is 0 Å². The Morgan fingerprint density at radius 3 is 2.37 bits per heavy atom. The van der Waals surface area contributed by atoms with Crippen LogP contribution in [0, 0.1) is 5.92 Å². The first-order chi connectivity index (χ1) is 8.88. The maximum atomic E-state index is 11.7. The van der Waals surface area contributed by atoms with Crippen LogP contribution in [0.2, 0.25) is 0 Å². The molecule has 1 heterocycles. The van der Waals surface area contributed by atoms with Gasteiger partial charge in [0.2, 0.25) is 15.9 Å². The van der Waals surface area contributed by atoms with Crippen molar-refractivity contribution in [2.24, 2.45) is 5.92 Å². The lowest BCUT2D eigenvalue weighted by atomic mass is 10.0. The van der Waals surface area contributed by atoms with E-state index in [9.17, 15) is 13.2 Å². The molecule has 1 fully saturated rings. The summed E-state index contributed by atoms with van der Waals surface area (Å²) >= 11 is 0. The molecule has 0 unspecified atom stereocenters. The van der Waals surface area contributed by atoms with Crippen molar-refractivity contribution < 1.29 is 13.2 Å². The highest BCUT2D eigenvalue weighted by atomic mass is 32.2. The summed E-state index contributed by atoms with van der Waals surface area (Å²) in [6.45, 7) is 8.57. The van der Waals surface area contributed by atoms with E-state index in [1.165, 1.54) is 10.6 Å². The van der Waals surface area contributed by atoms with Gasteiger partial charge in [-0.3, -0.25) is 4.79 Å². The minimum Gasteiger partial charge on any atom is -0.356 e. The molecular formula is C12H25N3O3S. The standard InChI is InChI=1S/C12H25N3O3S/c1-4-14(5-2)8-6-7-13-12(16)11-9-15(10-11)19(3,17)18/h11H,4-10H2,1-3H3,(H,13,16). The summed E-state index contributed by atoms with van der Waals surface area (Å²) in [4.78, 5) is 14.0. The molecule has 7 heteroatoms. The number of carbonyl (C=O) groups is 1. The minimum absolute atomic E-state index is 0.0283. The highest BCUT2D eigenvalue weighted by molar-refractivity contribution is 7.88. The van der Waals surface area contributed by atoms with Crippen molar-refractivity contribution in [1.82, 2.24) is 14.5 Å². The predicted molar refractivity (Wildman–Crippen MR) is 75.3 cm³/mol. The Kier molecular flexibility index (Phi) is 6.22. The molecule has 0 radical (unpaired) electrons. The van der Waals surface area contributed by atoms with Crippen molar-refractivity contribution >= 4 is 15.9 Å². The highest BCUT2D eigenvalue weighted by Crippen LogP contribution is 2.18. The quantitative estimate of drug-likeness (QED) is 0.625. The van der Waals surface area contributed by atoms with Crippen LogP contribution in [0.3, 0.4) is 0 Å². The van der Waals surface area contributed by atoms with Gasteiger partial charge in [0.1, 0.15) is 0 Å². The Balaban J connectivity index is 2.14. The van der Waals surface area contributed by atoms with Crippen LogP contribution in [-0.4, -0.2) is 69.1 Å². The molecule has 0 aromatic heterocycles. The number of sulfonamides is 1. The molecule has 1 rings (SSSR count). The van der Waals surface area contributed by atoms with Gasteiger partial charge in [0.15, 0.2) is 0 Å². The van der Waals surface area contributed by atoms with Crippen molar-refractivity contribution in [3.63, 3.8) is 0 Å². The number of nitrogens with one attached hydrogen (secondary N) is 1. The van der Waals surface area contributed by atoms with Crippen molar-refractivity contribution in [2.75, 3.05) is 45.5 Å². The summed E-state index contributed by atoms with van der Waals surface area (Å²) in [7, 11) is -3.13. The number of carbonyl (C=O) groups excluding carboxylic acids is 1. The molecule has 0 aliphatic carbocycles. The number of hydrogen-bond donors (Lipinski definition) is 1. The maximum Gasteiger partial charge on any atom is 0.225 e. The molecule has 0 aromatic rings. The van der Waals surface area contributed by atoms with E-state index < -0.39 is 10.0 Å². The number of amides is 1. The summed E-state index contributed by atoms with van der Waals surface area (Å²) in [5.74, 6) is -0.206. The molecule has 1 saturated heterocycles. The number of nitrogens with zero attached hydrogens (tertiary/aromatic N) is 2. The summed E-state index contributed by atoms with van der Waals surface area (Å²) in [6.07, 6.45) is 2.10. The van der Waals surface area contributed by atoms with E-state index in [0.717, 1.165) is 26.1 Å². The highest BCUT2D eigenvalue weighted by Gasteiger charge is 2.37. The van der Waals surface area contributed by atoms with Crippen LogP contribution >= 0.6 is 0 Å². The molecular weight excluding hydrogens is 266 g/mol. The van der Waals surface area contributed by atoms with Gasteiger partial charge < -0.3 is 10.2 Å². The van der Waals surface area contributed by atoms with Gasteiger partial charge in [-0.25, -0.2) is 12.7 Å². The Morgan fingerprint density at radius 2 is 1.89 bits per heavy atom. The molecule has 1 amide bonds. The van der Waals surface area contributed by atoms with Crippen LogP contribution in [-0.2, 0) is 14.8 Å². The molecule has 0 aromatic carbocycles. The fourth-order valence-electron chi connectivity index (χ4n) is 2.07. The Morgan fingerprint density at radius 1 is 1.32 bits per heavy atom. The molecule has 112 valence electrons. The first kappa shape index (κ1) is 16.4. The maximum absolute atomic E-state index is 11.7. The van der Waals surface area contributed by atoms with Gasteiger partial charge in [0, 0.05) is 19.6 Å². The second kappa shape index (κ2) is 7.21. The van der Waals surface area contributed by atoms with Gasteiger partial charge in [-0.1, -0.05) is 13.8 Å². The van der Waals surface area contributed by atoms with E-state index in [1.807, 2.05) is 0 Å². The molecule has 19 heavy (non-hydrogen) atoms. The molecule has 6 nitrogen and oxygen atoms in total. The van der Waals surface area contributed by atoms with E-state index in [1.54, 1.807) is 0 Å². The minimum atomic E-state index is -3.13. The third-order valence-corrected chi connectivity index (χ3v) is 4.77. The smallest absolute Gasteiger partial charge is 0.225 e. The molecule has 0 spiro atoms. The molecule has 1 aliphatic heterocycles. The zero-order chi connectivity index (χ0) is 14.5. The zero-order valence-electron chi connectivity index (χ0n) is 12.1. The molecule has 1 aliphatic rings. The van der Waals surface area contributed by atoms with E-state index >= 15 is 0 Å². The van der Waals surface area contributed by atoms with E-state index in [0.29, 0.717) is 19.6 Å². The lowest BCUT2D eigenvalue weighted by Crippen LogP contribution is -2.55. The van der Waals surface area contributed by atoms with Gasteiger partial charge >= 0.3 is 0 Å². The number of rotatable bonds is 8. The lowest BCUT2D eigenvalue weighted by molar-refractivity contribution is -0.128. The summed E-state index contributed by atoms with van der Waals surface area (Å²) in [6, 6.07) is 0. The molecule has 1 N–H and O–H groups in total. The first-order valence-corrected chi connectivity index (χ1v) is 8.68. The van der Waals surface area contributed by atoms with E-state index in [-0.39, 0.29) is 11.8 Å². The SMILES string of the molecule is CCN(CC)CCCNC(=O)C1CN(S(C)(=O)=O)C1. The average Bonchev–Trinajstić information content (AvgIpc) is 2.25. The summed E-state index contributed by atoms with van der Waals surface area (Å²) < 4.78 is 23.7. The molecule has 0 bridgehead atoms. The van der Waals surface area contributed by atoms with E-state index in [2.05, 4.69) is 24.1 Å². The second-order valence-electron chi connectivity index (χ2n) is 4.95.